The minimum Gasteiger partial charge on any atom is -0.347 e. The van der Waals surface area contributed by atoms with Crippen LogP contribution in [-0.2, 0) is 12.8 Å². The summed E-state index contributed by atoms with van der Waals surface area (Å²) >= 11 is 0. The first-order chi connectivity index (χ1) is 11.5. The number of carbonyl (C=O) groups is 1. The van der Waals surface area contributed by atoms with Gasteiger partial charge in [0.05, 0.1) is 17.3 Å². The number of aromatic nitrogens is 2. The van der Waals surface area contributed by atoms with Crippen LogP contribution in [0.1, 0.15) is 66.0 Å². The molecule has 1 aliphatic carbocycles. The summed E-state index contributed by atoms with van der Waals surface area (Å²) in [7, 11) is 0. The molecule has 1 N–H and O–H groups in total. The minimum atomic E-state index is 0.105. The fourth-order valence-corrected chi connectivity index (χ4v) is 3.50. The summed E-state index contributed by atoms with van der Waals surface area (Å²) < 4.78 is 0. The molecule has 0 bridgehead atoms. The van der Waals surface area contributed by atoms with Crippen molar-refractivity contribution in [2.45, 2.75) is 53.0 Å². The zero-order valence-electron chi connectivity index (χ0n) is 14.9. The molecule has 0 radical (unpaired) electrons. The summed E-state index contributed by atoms with van der Waals surface area (Å²) in [4.78, 5) is 21.0. The molecule has 4 nitrogen and oxygen atoms in total. The number of nitrogens with zero attached hydrogens (tertiary/aromatic N) is 2. The van der Waals surface area contributed by atoms with Gasteiger partial charge in [0.1, 0.15) is 0 Å². The molecule has 126 valence electrons. The average Bonchev–Trinajstić information content (AvgIpc) is 2.89. The second-order valence-corrected chi connectivity index (χ2v) is 6.69. The number of anilines is 1. The Morgan fingerprint density at radius 3 is 2.83 bits per heavy atom. The van der Waals surface area contributed by atoms with E-state index >= 15 is 0 Å². The van der Waals surface area contributed by atoms with Crippen LogP contribution in [0, 0.1) is 12.8 Å². The highest BCUT2D eigenvalue weighted by Crippen LogP contribution is 2.38. The number of benzene rings is 1. The van der Waals surface area contributed by atoms with Gasteiger partial charge in [0.25, 0.3) is 0 Å². The molecule has 0 unspecified atom stereocenters. The number of aryl methyl sites for hydroxylation is 2. The highest BCUT2D eigenvalue weighted by atomic mass is 16.1. The molecule has 0 fully saturated rings. The van der Waals surface area contributed by atoms with E-state index in [-0.39, 0.29) is 11.8 Å². The van der Waals surface area contributed by atoms with Crippen molar-refractivity contribution in [2.24, 2.45) is 5.92 Å². The van der Waals surface area contributed by atoms with E-state index < -0.39 is 0 Å². The highest BCUT2D eigenvalue weighted by molar-refractivity contribution is 5.96. The summed E-state index contributed by atoms with van der Waals surface area (Å²) in [6.07, 6.45) is 3.96. The minimum absolute atomic E-state index is 0.105. The standard InChI is InChI=1S/C20H25N3O/c1-5-17-16(18(24)6-2)11-21-20(22-17)23-19-13(4)10-14-8-7-12(3)9-15(14)19/h7-9,11,13,19H,5-6,10H2,1-4H3,(H,21,22,23)/t13-,19+/m0/s1. The fourth-order valence-electron chi connectivity index (χ4n) is 3.50. The van der Waals surface area contributed by atoms with Crippen LogP contribution in [0.25, 0.3) is 0 Å². The third-order valence-electron chi connectivity index (χ3n) is 4.86. The van der Waals surface area contributed by atoms with E-state index in [1.54, 1.807) is 6.20 Å². The molecular weight excluding hydrogens is 298 g/mol. The lowest BCUT2D eigenvalue weighted by Crippen LogP contribution is -2.17. The van der Waals surface area contributed by atoms with Gasteiger partial charge >= 0.3 is 0 Å². The topological polar surface area (TPSA) is 54.9 Å². The molecule has 4 heteroatoms. The van der Waals surface area contributed by atoms with E-state index in [2.05, 4.69) is 47.3 Å². The Labute approximate surface area is 143 Å². The van der Waals surface area contributed by atoms with Crippen LogP contribution in [0.4, 0.5) is 5.95 Å². The van der Waals surface area contributed by atoms with Gasteiger partial charge in [-0.05, 0) is 36.8 Å². The molecule has 1 aromatic carbocycles. The first-order valence-electron chi connectivity index (χ1n) is 8.78. The number of rotatable bonds is 5. The monoisotopic (exact) mass is 323 g/mol. The number of hydrogen-bond donors (Lipinski definition) is 1. The summed E-state index contributed by atoms with van der Waals surface area (Å²) in [6, 6.07) is 6.87. The van der Waals surface area contributed by atoms with Gasteiger partial charge in [-0.3, -0.25) is 4.79 Å². The maximum Gasteiger partial charge on any atom is 0.223 e. The van der Waals surface area contributed by atoms with Crippen molar-refractivity contribution < 1.29 is 4.79 Å². The molecule has 0 saturated carbocycles. The second kappa shape index (κ2) is 6.71. The van der Waals surface area contributed by atoms with Crippen molar-refractivity contribution in [2.75, 3.05) is 5.32 Å². The van der Waals surface area contributed by atoms with Gasteiger partial charge in [-0.25, -0.2) is 9.97 Å². The zero-order chi connectivity index (χ0) is 17.3. The van der Waals surface area contributed by atoms with Crippen LogP contribution in [-0.4, -0.2) is 15.8 Å². The lowest BCUT2D eigenvalue weighted by atomic mass is 10.0. The van der Waals surface area contributed by atoms with Crippen molar-refractivity contribution >= 4 is 11.7 Å². The summed E-state index contributed by atoms with van der Waals surface area (Å²) in [5.41, 5.74) is 5.50. The van der Waals surface area contributed by atoms with Crippen LogP contribution in [0.5, 0.6) is 0 Å². The Balaban J connectivity index is 1.89. The molecule has 24 heavy (non-hydrogen) atoms. The predicted octanol–water partition coefficient (Wildman–Crippen LogP) is 4.29. The number of fused-ring (bicyclic) bond motifs is 1. The molecule has 1 heterocycles. The van der Waals surface area contributed by atoms with Crippen molar-refractivity contribution in [3.63, 3.8) is 0 Å². The van der Waals surface area contributed by atoms with Crippen molar-refractivity contribution in [1.82, 2.24) is 9.97 Å². The van der Waals surface area contributed by atoms with Gasteiger partial charge in [0.15, 0.2) is 5.78 Å². The maximum absolute atomic E-state index is 12.0. The summed E-state index contributed by atoms with van der Waals surface area (Å²) in [6.45, 7) is 8.27. The van der Waals surface area contributed by atoms with Crippen molar-refractivity contribution in [1.29, 1.82) is 0 Å². The van der Waals surface area contributed by atoms with E-state index in [0.29, 0.717) is 23.9 Å². The Hall–Kier alpha value is -2.23. The molecule has 1 aliphatic rings. The Kier molecular flexibility index (Phi) is 4.65. The molecule has 0 spiro atoms. The van der Waals surface area contributed by atoms with Crippen molar-refractivity contribution in [3.8, 4) is 0 Å². The molecule has 2 atom stereocenters. The van der Waals surface area contributed by atoms with E-state index in [0.717, 1.165) is 18.5 Å². The molecule has 2 aromatic rings. The molecule has 0 aliphatic heterocycles. The summed E-state index contributed by atoms with van der Waals surface area (Å²) in [5.74, 6) is 1.21. The van der Waals surface area contributed by atoms with Crippen LogP contribution in [0.3, 0.4) is 0 Å². The lowest BCUT2D eigenvalue weighted by Gasteiger charge is -2.19. The summed E-state index contributed by atoms with van der Waals surface area (Å²) in [5, 5.41) is 3.50. The van der Waals surface area contributed by atoms with Crippen LogP contribution >= 0.6 is 0 Å². The fraction of sp³-hybridized carbons (Fsp3) is 0.450. The second-order valence-electron chi connectivity index (χ2n) is 6.69. The van der Waals surface area contributed by atoms with E-state index in [1.165, 1.54) is 16.7 Å². The van der Waals surface area contributed by atoms with E-state index in [4.69, 9.17) is 0 Å². The third-order valence-corrected chi connectivity index (χ3v) is 4.86. The largest absolute Gasteiger partial charge is 0.347 e. The van der Waals surface area contributed by atoms with Gasteiger partial charge in [-0.1, -0.05) is 44.5 Å². The number of carbonyl (C=O) groups excluding carboxylic acids is 1. The van der Waals surface area contributed by atoms with Gasteiger partial charge in [0, 0.05) is 12.6 Å². The lowest BCUT2D eigenvalue weighted by molar-refractivity contribution is 0.0986. The van der Waals surface area contributed by atoms with E-state index in [9.17, 15) is 4.79 Å². The Bertz CT molecular complexity index is 769. The van der Waals surface area contributed by atoms with Crippen molar-refractivity contribution in [3.05, 3.63) is 52.3 Å². The number of ketones is 1. The first-order valence-corrected chi connectivity index (χ1v) is 8.78. The number of nitrogens with one attached hydrogen (secondary N) is 1. The molecule has 3 rings (SSSR count). The molecule has 0 saturated heterocycles. The maximum atomic E-state index is 12.0. The Morgan fingerprint density at radius 2 is 2.12 bits per heavy atom. The number of Topliss-reactive ketones (excluding diaryl/α,β-unsaturated/α-hetero) is 1. The molecular formula is C20H25N3O. The van der Waals surface area contributed by atoms with Gasteiger partial charge < -0.3 is 5.32 Å². The van der Waals surface area contributed by atoms with Gasteiger partial charge in [0.2, 0.25) is 5.95 Å². The normalized spacial score (nSPS) is 19.2. The van der Waals surface area contributed by atoms with E-state index in [1.807, 2.05) is 13.8 Å². The Morgan fingerprint density at radius 1 is 1.33 bits per heavy atom. The average molecular weight is 323 g/mol. The highest BCUT2D eigenvalue weighted by Gasteiger charge is 2.30. The number of hydrogen-bond acceptors (Lipinski definition) is 4. The smallest absolute Gasteiger partial charge is 0.223 e. The quantitative estimate of drug-likeness (QED) is 0.834. The first kappa shape index (κ1) is 16.6. The zero-order valence-corrected chi connectivity index (χ0v) is 14.9. The van der Waals surface area contributed by atoms with Gasteiger partial charge in [-0.15, -0.1) is 0 Å². The van der Waals surface area contributed by atoms with Crippen LogP contribution in [0.2, 0.25) is 0 Å². The molecule has 0 amide bonds. The SMILES string of the molecule is CCC(=O)c1cnc(N[C@H]2c3cc(C)ccc3C[C@@H]2C)nc1CC. The third kappa shape index (κ3) is 3.05. The predicted molar refractivity (Wildman–Crippen MR) is 96.4 cm³/mol. The van der Waals surface area contributed by atoms with Crippen LogP contribution in [0.15, 0.2) is 24.4 Å². The molecule has 1 aromatic heterocycles. The van der Waals surface area contributed by atoms with Gasteiger partial charge in [-0.2, -0.15) is 0 Å². The van der Waals surface area contributed by atoms with Crippen LogP contribution < -0.4 is 5.32 Å².